The van der Waals surface area contributed by atoms with Gasteiger partial charge in [0, 0.05) is 13.0 Å². The molecule has 0 aromatic heterocycles. The highest BCUT2D eigenvalue weighted by Crippen LogP contribution is 2.26. The molecule has 1 fully saturated rings. The lowest BCUT2D eigenvalue weighted by molar-refractivity contribution is -0.301. The fraction of sp³-hybridized carbons (Fsp3) is 0.791. The fourth-order valence-electron chi connectivity index (χ4n) is 6.21. The predicted octanol–water partition coefficient (Wildman–Crippen LogP) is 8.41. The zero-order chi connectivity index (χ0) is 41.1. The summed E-state index contributed by atoms with van der Waals surface area (Å²) in [5, 5.41) is 30.6. The van der Waals surface area contributed by atoms with Gasteiger partial charge < -0.3 is 34.3 Å². The van der Waals surface area contributed by atoms with Crippen molar-refractivity contribution in [2.24, 2.45) is 0 Å². The summed E-state index contributed by atoms with van der Waals surface area (Å²) in [6.45, 7) is 3.80. The van der Waals surface area contributed by atoms with E-state index >= 15 is 0 Å². The molecular weight excluding hydrogens is 741 g/mol. The van der Waals surface area contributed by atoms with Crippen LogP contribution in [-0.2, 0) is 38.3 Å². The number of esters is 1. The molecule has 56 heavy (non-hydrogen) atoms. The summed E-state index contributed by atoms with van der Waals surface area (Å²) in [4.78, 5) is 12.8. The average Bonchev–Trinajstić information content (AvgIpc) is 3.17. The number of aliphatic hydroxyl groups is 3. The molecule has 0 aromatic rings. The number of ether oxygens (including phenoxy) is 4. The third kappa shape index (κ3) is 28.5. The van der Waals surface area contributed by atoms with Gasteiger partial charge in [0.05, 0.1) is 19.8 Å². The average molecular weight is 817 g/mol. The normalized spacial score (nSPS) is 21.3. The molecule has 12 nitrogen and oxygen atoms in total. The molecular formula is C43H76O12S. The van der Waals surface area contributed by atoms with E-state index < -0.39 is 59.8 Å². The molecule has 1 aliphatic rings. The Kier molecular flexibility index (Phi) is 32.6. The minimum absolute atomic E-state index is 0.0186. The second kappa shape index (κ2) is 35.0. The Morgan fingerprint density at radius 3 is 1.82 bits per heavy atom. The molecule has 1 aliphatic heterocycles. The quantitative estimate of drug-likeness (QED) is 0.0206. The van der Waals surface area contributed by atoms with Crippen molar-refractivity contribution in [2.75, 3.05) is 26.4 Å². The lowest BCUT2D eigenvalue weighted by Gasteiger charge is -2.41. The zero-order valence-corrected chi connectivity index (χ0v) is 35.2. The van der Waals surface area contributed by atoms with Crippen molar-refractivity contribution in [3.8, 4) is 0 Å². The van der Waals surface area contributed by atoms with Crippen LogP contribution in [0.4, 0.5) is 0 Å². The van der Waals surface area contributed by atoms with Crippen LogP contribution in [0.1, 0.15) is 155 Å². The van der Waals surface area contributed by atoms with Gasteiger partial charge in [0.15, 0.2) is 6.29 Å². The van der Waals surface area contributed by atoms with E-state index in [1.165, 1.54) is 64.2 Å². The van der Waals surface area contributed by atoms with Crippen molar-refractivity contribution in [2.45, 2.75) is 192 Å². The van der Waals surface area contributed by atoms with Gasteiger partial charge in [0.25, 0.3) is 0 Å². The van der Waals surface area contributed by atoms with Crippen LogP contribution in [0.15, 0.2) is 48.6 Å². The standard InChI is InChI=1S/C43H76O12S/c1-3-5-7-9-11-13-15-17-18-19-21-23-25-27-29-31-33-51-35-37(36-52-43-41(47)42(55-56(48,49)50)40(46)38(34-44)54-43)53-39(45)32-30-28-26-24-22-20-16-14-12-10-8-6-4-2/h6,8,12,14,17-18,20,22,37-38,40-44,46-47H,3-5,7,9-11,13,15-16,19,21,23-36H2,1-2H3,(H,48,49,50)/b8-6-,14-12-,18-17-,22-20-. The Hall–Kier alpha value is -1.94. The van der Waals surface area contributed by atoms with Gasteiger partial charge in [-0.25, -0.2) is 4.18 Å². The Balaban J connectivity index is 2.48. The van der Waals surface area contributed by atoms with E-state index in [0.29, 0.717) is 13.0 Å². The Bertz CT molecular complexity index is 1170. The molecule has 0 bridgehead atoms. The van der Waals surface area contributed by atoms with Crippen molar-refractivity contribution in [3.63, 3.8) is 0 Å². The van der Waals surface area contributed by atoms with Crippen molar-refractivity contribution in [3.05, 3.63) is 48.6 Å². The number of carbonyl (C=O) groups is 1. The molecule has 0 aliphatic carbocycles. The van der Waals surface area contributed by atoms with Crippen LogP contribution < -0.4 is 0 Å². The van der Waals surface area contributed by atoms with Gasteiger partial charge in [-0.3, -0.25) is 9.35 Å². The molecule has 1 heterocycles. The first-order valence-electron chi connectivity index (χ1n) is 21.4. The Morgan fingerprint density at radius 1 is 0.696 bits per heavy atom. The van der Waals surface area contributed by atoms with E-state index in [1.807, 2.05) is 0 Å². The summed E-state index contributed by atoms with van der Waals surface area (Å²) in [6, 6.07) is 0. The third-order valence-corrected chi connectivity index (χ3v) is 9.90. The van der Waals surface area contributed by atoms with E-state index in [0.717, 1.165) is 64.2 Å². The van der Waals surface area contributed by atoms with Crippen LogP contribution in [0, 0.1) is 0 Å². The topological polar surface area (TPSA) is 178 Å². The maximum atomic E-state index is 12.8. The van der Waals surface area contributed by atoms with E-state index in [2.05, 4.69) is 66.6 Å². The molecule has 0 aromatic carbocycles. The molecule has 0 radical (unpaired) electrons. The predicted molar refractivity (Wildman–Crippen MR) is 220 cm³/mol. The first kappa shape index (κ1) is 52.1. The van der Waals surface area contributed by atoms with Crippen molar-refractivity contribution >= 4 is 16.4 Å². The minimum Gasteiger partial charge on any atom is -0.457 e. The van der Waals surface area contributed by atoms with E-state index in [-0.39, 0.29) is 19.6 Å². The van der Waals surface area contributed by atoms with Crippen LogP contribution in [0.25, 0.3) is 0 Å². The number of aliphatic hydroxyl groups excluding tert-OH is 3. The van der Waals surface area contributed by atoms with Crippen molar-refractivity contribution < 1.29 is 56.2 Å². The Morgan fingerprint density at radius 2 is 1.23 bits per heavy atom. The highest BCUT2D eigenvalue weighted by molar-refractivity contribution is 7.80. The first-order valence-corrected chi connectivity index (χ1v) is 22.8. The number of rotatable bonds is 36. The third-order valence-electron chi connectivity index (χ3n) is 9.43. The largest absolute Gasteiger partial charge is 0.457 e. The summed E-state index contributed by atoms with van der Waals surface area (Å²) in [6.07, 6.45) is 31.5. The van der Waals surface area contributed by atoms with Crippen molar-refractivity contribution in [1.82, 2.24) is 0 Å². The number of unbranched alkanes of at least 4 members (excludes halogenated alkanes) is 15. The maximum Gasteiger partial charge on any atom is 0.397 e. The smallest absolute Gasteiger partial charge is 0.397 e. The van der Waals surface area contributed by atoms with Gasteiger partial charge in [0.1, 0.15) is 30.5 Å². The fourth-order valence-corrected chi connectivity index (χ4v) is 6.72. The maximum absolute atomic E-state index is 12.8. The van der Waals surface area contributed by atoms with Crippen LogP contribution >= 0.6 is 0 Å². The summed E-state index contributed by atoms with van der Waals surface area (Å²) >= 11 is 0. The van der Waals surface area contributed by atoms with Gasteiger partial charge >= 0.3 is 16.4 Å². The molecule has 0 amide bonds. The molecule has 326 valence electrons. The van der Waals surface area contributed by atoms with Crippen LogP contribution in [0.2, 0.25) is 0 Å². The van der Waals surface area contributed by atoms with E-state index in [9.17, 15) is 28.5 Å². The SMILES string of the molecule is CC/C=C\C/C=C\C/C=C\CCCCCC(=O)OC(COCCCCCCCC/C=C\CCCCCCCC)COC1OC(CO)C(O)C(OS(=O)(=O)O)C1O. The van der Waals surface area contributed by atoms with Gasteiger partial charge in [-0.15, -0.1) is 0 Å². The summed E-state index contributed by atoms with van der Waals surface area (Å²) in [7, 11) is -5.06. The number of carbonyl (C=O) groups excluding carboxylic acids is 1. The molecule has 13 heteroatoms. The molecule has 4 N–H and O–H groups in total. The molecule has 0 spiro atoms. The van der Waals surface area contributed by atoms with Gasteiger partial charge in [-0.05, 0) is 70.6 Å². The lowest BCUT2D eigenvalue weighted by atomic mass is 9.99. The summed E-state index contributed by atoms with van der Waals surface area (Å²) in [5.41, 5.74) is 0. The second-order valence-electron chi connectivity index (χ2n) is 14.5. The van der Waals surface area contributed by atoms with Gasteiger partial charge in [-0.1, -0.05) is 127 Å². The highest BCUT2D eigenvalue weighted by atomic mass is 32.3. The number of allylic oxidation sites excluding steroid dienone is 8. The molecule has 1 saturated heterocycles. The molecule has 6 atom stereocenters. The number of hydrogen-bond acceptors (Lipinski definition) is 11. The van der Waals surface area contributed by atoms with Crippen LogP contribution in [-0.4, -0.2) is 97.5 Å². The summed E-state index contributed by atoms with van der Waals surface area (Å²) in [5.74, 6) is -0.432. The molecule has 0 saturated carbocycles. The zero-order valence-electron chi connectivity index (χ0n) is 34.4. The van der Waals surface area contributed by atoms with Gasteiger partial charge in [-0.2, -0.15) is 8.42 Å². The van der Waals surface area contributed by atoms with Crippen LogP contribution in [0.5, 0.6) is 0 Å². The monoisotopic (exact) mass is 817 g/mol. The lowest BCUT2D eigenvalue weighted by Crippen LogP contribution is -2.60. The van der Waals surface area contributed by atoms with E-state index in [1.54, 1.807) is 0 Å². The van der Waals surface area contributed by atoms with Crippen LogP contribution in [0.3, 0.4) is 0 Å². The molecule has 1 rings (SSSR count). The minimum atomic E-state index is -5.06. The van der Waals surface area contributed by atoms with E-state index in [4.69, 9.17) is 23.5 Å². The Labute approximate surface area is 338 Å². The molecule has 6 unspecified atom stereocenters. The second-order valence-corrected chi connectivity index (χ2v) is 15.6. The highest BCUT2D eigenvalue weighted by Gasteiger charge is 2.48. The van der Waals surface area contributed by atoms with Crippen molar-refractivity contribution in [1.29, 1.82) is 0 Å². The number of hydrogen-bond donors (Lipinski definition) is 4. The summed E-state index contributed by atoms with van der Waals surface area (Å²) < 4.78 is 58.9. The van der Waals surface area contributed by atoms with Gasteiger partial charge in [0.2, 0.25) is 0 Å². The first-order chi connectivity index (χ1) is 27.1.